The first-order valence-electron chi connectivity index (χ1n) is 4.25. The highest BCUT2D eigenvalue weighted by Gasteiger charge is 2.22. The minimum Gasteiger partial charge on any atom is -0.220 e. The number of rotatable bonds is 4. The smallest absolute Gasteiger partial charge is 0.220 e. The van der Waals surface area contributed by atoms with E-state index in [2.05, 4.69) is 31.5 Å². The first-order valence-corrected chi connectivity index (χ1v) is 6.81. The van der Waals surface area contributed by atoms with Crippen molar-refractivity contribution in [1.29, 1.82) is 0 Å². The second-order valence-electron chi connectivity index (χ2n) is 3.14. The Hall–Kier alpha value is -0.760. The molecule has 0 spiro atoms. The van der Waals surface area contributed by atoms with Crippen LogP contribution in [0.25, 0.3) is 0 Å². The normalized spacial score (nSPS) is 12.8. The lowest BCUT2D eigenvalue weighted by Gasteiger charge is -2.06. The van der Waals surface area contributed by atoms with Crippen molar-refractivity contribution < 1.29 is 8.42 Å². The second-order valence-corrected chi connectivity index (χ2v) is 5.60. The van der Waals surface area contributed by atoms with E-state index >= 15 is 0 Å². The van der Waals surface area contributed by atoms with E-state index < -0.39 is 9.84 Å². The highest BCUT2D eigenvalue weighted by Crippen LogP contribution is 2.11. The molecule has 84 valence electrons. The van der Waals surface area contributed by atoms with Gasteiger partial charge < -0.3 is 0 Å². The quantitative estimate of drug-likeness (QED) is 0.826. The molecule has 0 aliphatic rings. The zero-order chi connectivity index (χ0) is 11.5. The molecule has 0 radical (unpaired) electrons. The molecule has 1 rings (SSSR count). The molecule has 0 aliphatic heterocycles. The van der Waals surface area contributed by atoms with Gasteiger partial charge in [-0.2, -0.15) is 0 Å². The van der Waals surface area contributed by atoms with Gasteiger partial charge in [-0.1, -0.05) is 27.1 Å². The van der Waals surface area contributed by atoms with Crippen molar-refractivity contribution in [2.24, 2.45) is 0 Å². The van der Waals surface area contributed by atoms with E-state index in [-0.39, 0.29) is 17.0 Å². The molecular formula is C7H11BrN4O2S. The largest absolute Gasteiger partial charge is 0.268 e. The molecule has 0 N–H and O–H groups in total. The van der Waals surface area contributed by atoms with E-state index in [1.54, 1.807) is 0 Å². The SMILES string of the molecule is CC(C)n1nnnc1S(=O)(=O)C/C=C/Br. The van der Waals surface area contributed by atoms with Crippen LogP contribution in [0.15, 0.2) is 16.2 Å². The maximum atomic E-state index is 11.7. The van der Waals surface area contributed by atoms with Crippen LogP contribution < -0.4 is 0 Å². The monoisotopic (exact) mass is 294 g/mol. The summed E-state index contributed by atoms with van der Waals surface area (Å²) in [5.74, 6) is -0.120. The van der Waals surface area contributed by atoms with E-state index in [0.29, 0.717) is 0 Å². The van der Waals surface area contributed by atoms with Crippen LogP contribution in [0.3, 0.4) is 0 Å². The molecule has 0 unspecified atom stereocenters. The van der Waals surface area contributed by atoms with Gasteiger partial charge in [0.1, 0.15) is 0 Å². The van der Waals surface area contributed by atoms with E-state index in [4.69, 9.17) is 0 Å². The maximum absolute atomic E-state index is 11.7. The summed E-state index contributed by atoms with van der Waals surface area (Å²) in [4.78, 5) is 1.49. The molecule has 1 heterocycles. The Balaban J connectivity index is 3.10. The Labute approximate surface area is 96.4 Å². The van der Waals surface area contributed by atoms with Crippen molar-refractivity contribution in [3.05, 3.63) is 11.1 Å². The summed E-state index contributed by atoms with van der Waals surface area (Å²) in [5, 5.41) is 10.4. The Morgan fingerprint density at radius 2 is 2.20 bits per heavy atom. The van der Waals surface area contributed by atoms with E-state index in [1.807, 2.05) is 13.8 Å². The molecule has 1 aromatic heterocycles. The molecule has 15 heavy (non-hydrogen) atoms. The highest BCUT2D eigenvalue weighted by atomic mass is 79.9. The van der Waals surface area contributed by atoms with E-state index in [0.717, 1.165) is 0 Å². The number of sulfone groups is 1. The van der Waals surface area contributed by atoms with E-state index in [1.165, 1.54) is 15.7 Å². The van der Waals surface area contributed by atoms with Gasteiger partial charge in [0.25, 0.3) is 5.16 Å². The Kier molecular flexibility index (Phi) is 3.97. The molecule has 6 nitrogen and oxygen atoms in total. The number of nitrogens with zero attached hydrogens (tertiary/aromatic N) is 4. The van der Waals surface area contributed by atoms with Crippen LogP contribution in [-0.4, -0.2) is 34.4 Å². The third-order valence-corrected chi connectivity index (χ3v) is 3.46. The Morgan fingerprint density at radius 1 is 1.53 bits per heavy atom. The molecule has 0 atom stereocenters. The number of hydrogen-bond donors (Lipinski definition) is 0. The maximum Gasteiger partial charge on any atom is 0.268 e. The van der Waals surface area contributed by atoms with Crippen molar-refractivity contribution in [2.75, 3.05) is 5.75 Å². The van der Waals surface area contributed by atoms with Gasteiger partial charge in [-0.15, -0.1) is 0 Å². The van der Waals surface area contributed by atoms with Crippen LogP contribution in [0.2, 0.25) is 0 Å². The Bertz CT molecular complexity index is 451. The minimum absolute atomic E-state index is 0.0854. The number of halogens is 1. The molecule has 0 bridgehead atoms. The molecule has 1 aromatic rings. The topological polar surface area (TPSA) is 77.7 Å². The van der Waals surface area contributed by atoms with Gasteiger partial charge in [-0.05, 0) is 29.3 Å². The highest BCUT2D eigenvalue weighted by molar-refractivity contribution is 9.11. The fourth-order valence-electron chi connectivity index (χ4n) is 0.952. The average Bonchev–Trinajstić information content (AvgIpc) is 2.63. The molecule has 0 saturated carbocycles. The summed E-state index contributed by atoms with van der Waals surface area (Å²) in [6.07, 6.45) is 1.48. The van der Waals surface area contributed by atoms with Crippen LogP contribution in [0.5, 0.6) is 0 Å². The predicted molar refractivity (Wildman–Crippen MR) is 58.3 cm³/mol. The van der Waals surface area contributed by atoms with Crippen LogP contribution in [0.1, 0.15) is 19.9 Å². The van der Waals surface area contributed by atoms with Crippen LogP contribution in [0.4, 0.5) is 0 Å². The van der Waals surface area contributed by atoms with Gasteiger partial charge in [0, 0.05) is 0 Å². The summed E-state index contributed by atoms with van der Waals surface area (Å²) in [7, 11) is -3.44. The van der Waals surface area contributed by atoms with Crippen molar-refractivity contribution in [3.63, 3.8) is 0 Å². The van der Waals surface area contributed by atoms with Gasteiger partial charge >= 0.3 is 0 Å². The van der Waals surface area contributed by atoms with Crippen molar-refractivity contribution >= 4 is 25.8 Å². The van der Waals surface area contributed by atoms with Gasteiger partial charge in [0.05, 0.1) is 11.8 Å². The average molecular weight is 295 g/mol. The third kappa shape index (κ3) is 2.85. The fourth-order valence-corrected chi connectivity index (χ4v) is 2.58. The molecular weight excluding hydrogens is 284 g/mol. The van der Waals surface area contributed by atoms with Gasteiger partial charge in [-0.25, -0.2) is 13.1 Å². The molecule has 0 aliphatic carbocycles. The van der Waals surface area contributed by atoms with Crippen LogP contribution in [0, 0.1) is 0 Å². The first kappa shape index (κ1) is 12.3. The summed E-state index contributed by atoms with van der Waals surface area (Å²) < 4.78 is 24.8. The lowest BCUT2D eigenvalue weighted by Crippen LogP contribution is -2.15. The van der Waals surface area contributed by atoms with Gasteiger partial charge in [0.2, 0.25) is 9.84 Å². The molecule has 0 fully saturated rings. The van der Waals surface area contributed by atoms with E-state index in [9.17, 15) is 8.42 Å². The van der Waals surface area contributed by atoms with Crippen molar-refractivity contribution in [1.82, 2.24) is 20.2 Å². The zero-order valence-corrected chi connectivity index (χ0v) is 10.7. The summed E-state index contributed by atoms with van der Waals surface area (Å²) >= 11 is 3.01. The second kappa shape index (κ2) is 4.84. The standard InChI is InChI=1S/C7H11BrN4O2S/c1-6(2)12-7(9-10-11-12)15(13,14)5-3-4-8/h3-4,6H,5H2,1-2H3/b4-3+. The summed E-state index contributed by atoms with van der Waals surface area (Å²) in [5.41, 5.74) is 0. The summed E-state index contributed by atoms with van der Waals surface area (Å²) in [6, 6.07) is -0.0854. The first-order chi connectivity index (χ1) is 6.99. The van der Waals surface area contributed by atoms with Gasteiger partial charge in [0.15, 0.2) is 0 Å². The molecule has 0 saturated heterocycles. The fraction of sp³-hybridized carbons (Fsp3) is 0.571. The zero-order valence-electron chi connectivity index (χ0n) is 8.33. The number of aromatic nitrogens is 4. The lowest BCUT2D eigenvalue weighted by atomic mass is 10.4. The molecule has 0 aromatic carbocycles. The van der Waals surface area contributed by atoms with Crippen LogP contribution in [-0.2, 0) is 9.84 Å². The van der Waals surface area contributed by atoms with Crippen molar-refractivity contribution in [3.8, 4) is 0 Å². The van der Waals surface area contributed by atoms with Crippen molar-refractivity contribution in [2.45, 2.75) is 25.0 Å². The number of hydrogen-bond acceptors (Lipinski definition) is 5. The molecule has 8 heteroatoms. The Morgan fingerprint density at radius 3 is 2.73 bits per heavy atom. The number of tetrazole rings is 1. The predicted octanol–water partition coefficient (Wildman–Crippen LogP) is 0.936. The molecule has 0 amide bonds. The summed E-state index contributed by atoms with van der Waals surface area (Å²) in [6.45, 7) is 3.63. The van der Waals surface area contributed by atoms with Crippen LogP contribution >= 0.6 is 15.9 Å². The third-order valence-electron chi connectivity index (χ3n) is 1.63. The van der Waals surface area contributed by atoms with Gasteiger partial charge in [-0.3, -0.25) is 0 Å². The minimum atomic E-state index is -3.44. The lowest BCUT2D eigenvalue weighted by molar-refractivity contribution is 0.465.